The van der Waals surface area contributed by atoms with E-state index in [0.717, 1.165) is 33.3 Å². The van der Waals surface area contributed by atoms with Crippen LogP contribution < -0.4 is 20.2 Å². The van der Waals surface area contributed by atoms with Gasteiger partial charge in [-0.05, 0) is 81.2 Å². The molecule has 0 aliphatic rings. The number of rotatable bonds is 10. The summed E-state index contributed by atoms with van der Waals surface area (Å²) < 4.78 is 153. The molecule has 0 heterocycles. The van der Waals surface area contributed by atoms with Gasteiger partial charge in [-0.2, -0.15) is 0 Å². The Bertz CT molecular complexity index is 3720. The Morgan fingerprint density at radius 3 is 1.11 bits per heavy atom. The van der Waals surface area contributed by atoms with Gasteiger partial charge in [0.15, 0.2) is 11.6 Å². The van der Waals surface area contributed by atoms with Crippen LogP contribution in [0.4, 0.5) is 51.7 Å². The first-order chi connectivity index (χ1) is 35.8. The van der Waals surface area contributed by atoms with Gasteiger partial charge >= 0.3 is 0 Å². The lowest BCUT2D eigenvalue weighted by Crippen LogP contribution is -2.37. The van der Waals surface area contributed by atoms with Gasteiger partial charge in [-0.15, -0.1) is 0 Å². The normalized spacial score (nSPS) is 14.2. The highest BCUT2D eigenvalue weighted by atomic mass is 28.3. The van der Waals surface area contributed by atoms with Gasteiger partial charge in [0.2, 0.25) is 0 Å². The van der Waals surface area contributed by atoms with Gasteiger partial charge in [0.05, 0.1) is 52.6 Å². The van der Waals surface area contributed by atoms with Gasteiger partial charge in [0.25, 0.3) is 0 Å². The molecule has 0 fully saturated rings. The highest BCUT2D eigenvalue weighted by molar-refractivity contribution is 6.89. The van der Waals surface area contributed by atoms with Crippen molar-refractivity contribution in [2.75, 3.05) is 9.80 Å². The first-order valence-corrected chi connectivity index (χ1v) is 28.4. The molecular formula is C58H48F4N2Si2. The van der Waals surface area contributed by atoms with Crippen LogP contribution >= 0.6 is 0 Å². The van der Waals surface area contributed by atoms with Gasteiger partial charge in [-0.1, -0.05) is 171 Å². The second-order valence-electron chi connectivity index (χ2n) is 18.4. The van der Waals surface area contributed by atoms with Crippen LogP contribution in [0.3, 0.4) is 0 Å². The average Bonchev–Trinajstić information content (AvgIpc) is 3.51. The lowest BCUT2D eigenvalue weighted by Gasteiger charge is -2.32. The van der Waals surface area contributed by atoms with Crippen molar-refractivity contribution in [1.82, 2.24) is 0 Å². The molecule has 10 aromatic carbocycles. The molecule has 0 N–H and O–H groups in total. The summed E-state index contributed by atoms with van der Waals surface area (Å²) in [6.07, 6.45) is 0. The summed E-state index contributed by atoms with van der Waals surface area (Å²) in [6.45, 7) is 13.1. The van der Waals surface area contributed by atoms with Crippen LogP contribution in [0.2, 0.25) is 39.3 Å². The SMILES string of the molecule is [2H]c1c([2H])c([2H])c(-c2cc(F)cc(F)c2N(c2ccc([Si](C)(C)C)cc2)c2ccc3ccc4c(N(c5ccc([Si](C)(C)C)cc5)c5c(F)cc(F)cc5-c5c([2H])c([2H])c([2H])c([2H])c5[2H])ccc5ccc2c3c54)c([2H])c1[2H]. The molecule has 0 aromatic heterocycles. The molecule has 0 spiro atoms. The zero-order valence-electron chi connectivity index (χ0n) is 47.0. The average molecular weight is 915 g/mol. The molecule has 0 aliphatic carbocycles. The second kappa shape index (κ2) is 16.5. The topological polar surface area (TPSA) is 6.48 Å². The van der Waals surface area contributed by atoms with Crippen LogP contribution in [-0.4, -0.2) is 16.1 Å². The molecule has 10 rings (SSSR count). The molecule has 66 heavy (non-hydrogen) atoms. The summed E-state index contributed by atoms with van der Waals surface area (Å²) in [5, 5.41) is 6.04. The fourth-order valence-corrected chi connectivity index (χ4v) is 11.2. The number of hydrogen-bond acceptors (Lipinski definition) is 2. The minimum atomic E-state index is -1.91. The zero-order chi connectivity index (χ0) is 54.8. The molecule has 8 heteroatoms. The Morgan fingerprint density at radius 2 is 0.758 bits per heavy atom. The lowest BCUT2D eigenvalue weighted by atomic mass is 9.91. The molecule has 0 amide bonds. The third-order valence-electron chi connectivity index (χ3n) is 12.1. The van der Waals surface area contributed by atoms with E-state index < -0.39 is 111 Å². The van der Waals surface area contributed by atoms with Crippen LogP contribution in [0.1, 0.15) is 13.7 Å². The van der Waals surface area contributed by atoms with Gasteiger partial charge in [0.1, 0.15) is 11.6 Å². The summed E-state index contributed by atoms with van der Waals surface area (Å²) >= 11 is 0. The fourth-order valence-electron chi connectivity index (χ4n) is 8.90. The van der Waals surface area contributed by atoms with Crippen molar-refractivity contribution in [2.45, 2.75) is 39.3 Å². The maximum absolute atomic E-state index is 17.3. The van der Waals surface area contributed by atoms with E-state index >= 15 is 17.6 Å². The number of halogens is 4. The Kier molecular flexibility index (Phi) is 8.13. The summed E-state index contributed by atoms with van der Waals surface area (Å²) in [4.78, 5) is 3.14. The molecule has 0 aliphatic heterocycles. The lowest BCUT2D eigenvalue weighted by molar-refractivity contribution is 0.584. The Labute approximate surface area is 399 Å². The molecule has 0 bridgehead atoms. The van der Waals surface area contributed by atoms with Crippen molar-refractivity contribution in [3.63, 3.8) is 0 Å². The van der Waals surface area contributed by atoms with Crippen molar-refractivity contribution in [2.24, 2.45) is 0 Å². The molecule has 10 aromatic rings. The maximum atomic E-state index is 17.3. The first-order valence-electron chi connectivity index (χ1n) is 26.4. The standard InChI is InChI=1S/C58H48F4N2Si2/c1-65(2,3)45-25-21-43(22-26-45)63(57-49(33-41(59)35-51(57)61)37-13-9-7-10-14-37)53-31-19-39-18-30-48-54(32-20-40-17-29-47(53)55(39)56(40)48)64(44-23-27-46(28-24-44)66(4,5)6)58-50(34-42(60)36-52(58)62)38-15-11-8-12-16-38/h7-36H,1-6H3/i7D,8D,9D,10D,11D,12D,13D,14D,15D,16D. The summed E-state index contributed by atoms with van der Waals surface area (Å²) in [5.41, 5.74) is -0.370. The third-order valence-corrected chi connectivity index (χ3v) is 16.3. The van der Waals surface area contributed by atoms with E-state index in [1.54, 1.807) is 21.9 Å². The van der Waals surface area contributed by atoms with Crippen molar-refractivity contribution in [3.8, 4) is 22.3 Å². The number of hydrogen-bond donors (Lipinski definition) is 0. The van der Waals surface area contributed by atoms with Crippen molar-refractivity contribution >= 4 is 93.0 Å². The van der Waals surface area contributed by atoms with Crippen LogP contribution in [0.5, 0.6) is 0 Å². The molecule has 2 nitrogen and oxygen atoms in total. The van der Waals surface area contributed by atoms with Crippen LogP contribution in [0.25, 0.3) is 54.6 Å². The third kappa shape index (κ3) is 7.63. The zero-order valence-corrected chi connectivity index (χ0v) is 39.0. The van der Waals surface area contributed by atoms with Crippen LogP contribution in [0, 0.1) is 23.3 Å². The Morgan fingerprint density at radius 1 is 0.409 bits per heavy atom. The fraction of sp³-hybridized carbons (Fsp3) is 0.103. The van der Waals surface area contributed by atoms with Gasteiger partial charge in [0, 0.05) is 45.4 Å². The van der Waals surface area contributed by atoms with E-state index in [-0.39, 0.29) is 22.5 Å². The highest BCUT2D eigenvalue weighted by Gasteiger charge is 2.29. The maximum Gasteiger partial charge on any atom is 0.150 e. The van der Waals surface area contributed by atoms with E-state index in [9.17, 15) is 0 Å². The Balaban J connectivity index is 1.30. The Hall–Kier alpha value is -7.01. The van der Waals surface area contributed by atoms with Crippen molar-refractivity contribution in [3.05, 3.63) is 205 Å². The smallest absolute Gasteiger partial charge is 0.150 e. The minimum absolute atomic E-state index is 0.281. The van der Waals surface area contributed by atoms with Gasteiger partial charge < -0.3 is 9.80 Å². The largest absolute Gasteiger partial charge is 0.307 e. The van der Waals surface area contributed by atoms with Gasteiger partial charge in [-0.3, -0.25) is 0 Å². The van der Waals surface area contributed by atoms with Crippen molar-refractivity contribution in [1.29, 1.82) is 0 Å². The molecule has 326 valence electrons. The summed E-state index contributed by atoms with van der Waals surface area (Å²) in [6, 6.07) is 26.3. The predicted octanol–water partition coefficient (Wildman–Crippen LogP) is 16.5. The highest BCUT2D eigenvalue weighted by Crippen LogP contribution is 2.51. The predicted molar refractivity (Wildman–Crippen MR) is 276 cm³/mol. The quantitative estimate of drug-likeness (QED) is 0.0766. The molecule has 0 saturated heterocycles. The van der Waals surface area contributed by atoms with E-state index in [2.05, 4.69) is 39.3 Å². The van der Waals surface area contributed by atoms with Crippen molar-refractivity contribution < 1.29 is 31.3 Å². The van der Waals surface area contributed by atoms with E-state index in [1.807, 2.05) is 84.9 Å². The minimum Gasteiger partial charge on any atom is -0.307 e. The molecule has 0 atom stereocenters. The molecule has 0 unspecified atom stereocenters. The molecule has 0 saturated carbocycles. The second-order valence-corrected chi connectivity index (χ2v) is 28.6. The monoisotopic (exact) mass is 914 g/mol. The van der Waals surface area contributed by atoms with E-state index in [1.165, 1.54) is 0 Å². The van der Waals surface area contributed by atoms with E-state index in [4.69, 9.17) is 13.7 Å². The summed E-state index contributed by atoms with van der Waals surface area (Å²) in [7, 11) is -3.82. The van der Waals surface area contributed by atoms with Crippen LogP contribution in [-0.2, 0) is 0 Å². The van der Waals surface area contributed by atoms with E-state index in [0.29, 0.717) is 56.4 Å². The number of nitrogens with zero attached hydrogens (tertiary/aromatic N) is 2. The first kappa shape index (κ1) is 32.6. The molecular weight excluding hydrogens is 857 g/mol. The summed E-state index contributed by atoms with van der Waals surface area (Å²) in [5.74, 6) is -4.22. The van der Waals surface area contributed by atoms with Crippen LogP contribution in [0.15, 0.2) is 182 Å². The number of benzene rings is 10. The molecule has 0 radical (unpaired) electrons. The van der Waals surface area contributed by atoms with Gasteiger partial charge in [-0.25, -0.2) is 17.6 Å². The number of anilines is 6.